The van der Waals surface area contributed by atoms with Crippen molar-refractivity contribution in [2.45, 2.75) is 13.3 Å². The van der Waals surface area contributed by atoms with E-state index >= 15 is 0 Å². The highest BCUT2D eigenvalue weighted by molar-refractivity contribution is 5.96. The fourth-order valence-corrected chi connectivity index (χ4v) is 1.85. The number of rotatable bonds is 5. The fourth-order valence-electron chi connectivity index (χ4n) is 1.85. The molecular formula is C14H18N2O2. The summed E-state index contributed by atoms with van der Waals surface area (Å²) in [5.41, 5.74) is 7.61. The minimum absolute atomic E-state index is 0.633. The van der Waals surface area contributed by atoms with Gasteiger partial charge in [0.1, 0.15) is 5.75 Å². The fraction of sp³-hybridized carbons (Fsp3) is 0.357. The van der Waals surface area contributed by atoms with Crippen molar-refractivity contribution in [2.24, 2.45) is 0 Å². The monoisotopic (exact) mass is 246 g/mol. The number of benzene rings is 1. The molecule has 1 heterocycles. The van der Waals surface area contributed by atoms with Crippen LogP contribution in [0.15, 0.2) is 24.4 Å². The van der Waals surface area contributed by atoms with E-state index in [2.05, 4.69) is 4.98 Å². The van der Waals surface area contributed by atoms with Gasteiger partial charge in [-0.3, -0.25) is 4.98 Å². The molecule has 1 aromatic carbocycles. The van der Waals surface area contributed by atoms with Gasteiger partial charge in [0.15, 0.2) is 0 Å². The molecule has 96 valence electrons. The van der Waals surface area contributed by atoms with Crippen LogP contribution in [0, 0.1) is 6.92 Å². The van der Waals surface area contributed by atoms with Gasteiger partial charge in [0.25, 0.3) is 0 Å². The number of hydrogen-bond donors (Lipinski definition) is 1. The molecule has 0 aliphatic heterocycles. The first kappa shape index (κ1) is 12.6. The van der Waals surface area contributed by atoms with Gasteiger partial charge in [-0.2, -0.15) is 0 Å². The summed E-state index contributed by atoms with van der Waals surface area (Å²) < 4.78 is 10.8. The van der Waals surface area contributed by atoms with E-state index in [1.807, 2.05) is 25.1 Å². The van der Waals surface area contributed by atoms with Crippen LogP contribution in [0.2, 0.25) is 0 Å². The largest absolute Gasteiger partial charge is 0.493 e. The topological polar surface area (TPSA) is 57.4 Å². The van der Waals surface area contributed by atoms with Crippen molar-refractivity contribution >= 4 is 16.5 Å². The lowest BCUT2D eigenvalue weighted by Gasteiger charge is -2.11. The zero-order chi connectivity index (χ0) is 13.0. The molecule has 0 aliphatic rings. The molecular weight excluding hydrogens is 228 g/mol. The molecule has 18 heavy (non-hydrogen) atoms. The Kier molecular flexibility index (Phi) is 3.99. The molecule has 0 spiro atoms. The standard InChI is InChI=1S/C14H18N2O2/c1-10-8-11-12(9-16-10)13(15)4-5-14(11)18-7-3-6-17-2/h4-5,8-9H,3,6-7,15H2,1-2H3. The Bertz CT molecular complexity index is 541. The van der Waals surface area contributed by atoms with Crippen LogP contribution < -0.4 is 10.5 Å². The molecule has 2 aromatic rings. The molecule has 4 heteroatoms. The average Bonchev–Trinajstić information content (AvgIpc) is 2.37. The van der Waals surface area contributed by atoms with Gasteiger partial charge in [0.2, 0.25) is 0 Å². The van der Waals surface area contributed by atoms with E-state index in [1.54, 1.807) is 13.3 Å². The Labute approximate surface area is 107 Å². The SMILES string of the molecule is COCCCOc1ccc(N)c2cnc(C)cc12. The highest BCUT2D eigenvalue weighted by Gasteiger charge is 2.06. The third kappa shape index (κ3) is 2.71. The zero-order valence-corrected chi connectivity index (χ0v) is 10.8. The van der Waals surface area contributed by atoms with Gasteiger partial charge in [0.05, 0.1) is 6.61 Å². The van der Waals surface area contributed by atoms with Crippen LogP contribution in [0.5, 0.6) is 5.75 Å². The van der Waals surface area contributed by atoms with Crippen LogP contribution in [0.1, 0.15) is 12.1 Å². The molecule has 0 unspecified atom stereocenters. The van der Waals surface area contributed by atoms with Crippen molar-refractivity contribution in [3.05, 3.63) is 30.1 Å². The van der Waals surface area contributed by atoms with Gasteiger partial charge in [-0.05, 0) is 25.1 Å². The first-order chi connectivity index (χ1) is 8.72. The number of ether oxygens (including phenoxy) is 2. The number of pyridine rings is 1. The predicted molar refractivity (Wildman–Crippen MR) is 72.9 cm³/mol. The Morgan fingerprint density at radius 3 is 2.83 bits per heavy atom. The van der Waals surface area contributed by atoms with Crippen molar-refractivity contribution in [3.8, 4) is 5.75 Å². The van der Waals surface area contributed by atoms with Crippen molar-refractivity contribution < 1.29 is 9.47 Å². The maximum atomic E-state index is 5.94. The van der Waals surface area contributed by atoms with Crippen LogP contribution in [0.3, 0.4) is 0 Å². The lowest BCUT2D eigenvalue weighted by atomic mass is 10.1. The van der Waals surface area contributed by atoms with Gasteiger partial charge in [-0.25, -0.2) is 0 Å². The lowest BCUT2D eigenvalue weighted by molar-refractivity contribution is 0.172. The molecule has 2 N–H and O–H groups in total. The van der Waals surface area contributed by atoms with Crippen LogP contribution in [0.25, 0.3) is 10.8 Å². The van der Waals surface area contributed by atoms with Crippen molar-refractivity contribution in [2.75, 3.05) is 26.1 Å². The lowest BCUT2D eigenvalue weighted by Crippen LogP contribution is -2.02. The Morgan fingerprint density at radius 2 is 2.06 bits per heavy atom. The number of methoxy groups -OCH3 is 1. The van der Waals surface area contributed by atoms with Gasteiger partial charge in [-0.1, -0.05) is 0 Å². The summed E-state index contributed by atoms with van der Waals surface area (Å²) in [6, 6.07) is 5.76. The van der Waals surface area contributed by atoms with Crippen LogP contribution in [0.4, 0.5) is 5.69 Å². The molecule has 1 aromatic heterocycles. The highest BCUT2D eigenvalue weighted by Crippen LogP contribution is 2.30. The third-order valence-corrected chi connectivity index (χ3v) is 2.78. The van der Waals surface area contributed by atoms with E-state index in [4.69, 9.17) is 15.2 Å². The molecule has 4 nitrogen and oxygen atoms in total. The highest BCUT2D eigenvalue weighted by atomic mass is 16.5. The predicted octanol–water partition coefficient (Wildman–Crippen LogP) is 2.54. The molecule has 0 saturated heterocycles. The van der Waals surface area contributed by atoms with Crippen LogP contribution >= 0.6 is 0 Å². The van der Waals surface area contributed by atoms with Gasteiger partial charge < -0.3 is 15.2 Å². The van der Waals surface area contributed by atoms with Crippen molar-refractivity contribution in [1.29, 1.82) is 0 Å². The summed E-state index contributed by atoms with van der Waals surface area (Å²) in [4.78, 5) is 4.26. The molecule has 0 atom stereocenters. The second-order valence-electron chi connectivity index (χ2n) is 4.22. The smallest absolute Gasteiger partial charge is 0.127 e. The Hall–Kier alpha value is -1.81. The minimum atomic E-state index is 0.633. The molecule has 0 amide bonds. The van der Waals surface area contributed by atoms with E-state index in [9.17, 15) is 0 Å². The van der Waals surface area contributed by atoms with Crippen molar-refractivity contribution in [1.82, 2.24) is 4.98 Å². The molecule has 0 saturated carbocycles. The van der Waals surface area contributed by atoms with E-state index in [0.717, 1.165) is 34.3 Å². The minimum Gasteiger partial charge on any atom is -0.493 e. The van der Waals surface area contributed by atoms with E-state index < -0.39 is 0 Å². The number of aryl methyl sites for hydroxylation is 1. The van der Waals surface area contributed by atoms with E-state index in [-0.39, 0.29) is 0 Å². The second kappa shape index (κ2) is 5.69. The first-order valence-corrected chi connectivity index (χ1v) is 5.99. The number of nitrogens with two attached hydrogens (primary N) is 1. The summed E-state index contributed by atoms with van der Waals surface area (Å²) >= 11 is 0. The normalized spacial score (nSPS) is 10.8. The maximum Gasteiger partial charge on any atom is 0.127 e. The number of aromatic nitrogens is 1. The number of nitrogens with zero attached hydrogens (tertiary/aromatic N) is 1. The maximum absolute atomic E-state index is 5.94. The number of hydrogen-bond acceptors (Lipinski definition) is 4. The van der Waals surface area contributed by atoms with Crippen LogP contribution in [-0.2, 0) is 4.74 Å². The molecule has 0 bridgehead atoms. The van der Waals surface area contributed by atoms with Gasteiger partial charge in [-0.15, -0.1) is 0 Å². The molecule has 0 radical (unpaired) electrons. The first-order valence-electron chi connectivity index (χ1n) is 5.99. The number of nitrogen functional groups attached to an aromatic ring is 1. The average molecular weight is 246 g/mol. The molecule has 0 fully saturated rings. The summed E-state index contributed by atoms with van der Waals surface area (Å²) in [7, 11) is 1.69. The van der Waals surface area contributed by atoms with E-state index in [0.29, 0.717) is 13.2 Å². The second-order valence-corrected chi connectivity index (χ2v) is 4.22. The molecule has 0 aliphatic carbocycles. The summed E-state index contributed by atoms with van der Waals surface area (Å²) in [5.74, 6) is 0.848. The Balaban J connectivity index is 2.27. The quantitative estimate of drug-likeness (QED) is 0.650. The molecule has 2 rings (SSSR count). The van der Waals surface area contributed by atoms with Gasteiger partial charge in [0, 0.05) is 48.5 Å². The number of fused-ring (bicyclic) bond motifs is 1. The van der Waals surface area contributed by atoms with Crippen molar-refractivity contribution in [3.63, 3.8) is 0 Å². The zero-order valence-electron chi connectivity index (χ0n) is 10.8. The number of anilines is 1. The summed E-state index contributed by atoms with van der Waals surface area (Å²) in [6.45, 7) is 3.29. The van der Waals surface area contributed by atoms with E-state index in [1.165, 1.54) is 0 Å². The summed E-state index contributed by atoms with van der Waals surface area (Å²) in [5, 5.41) is 1.95. The summed E-state index contributed by atoms with van der Waals surface area (Å²) in [6.07, 6.45) is 2.66. The Morgan fingerprint density at radius 1 is 1.22 bits per heavy atom. The third-order valence-electron chi connectivity index (χ3n) is 2.78. The van der Waals surface area contributed by atoms with Crippen LogP contribution in [-0.4, -0.2) is 25.3 Å². The van der Waals surface area contributed by atoms with Gasteiger partial charge >= 0.3 is 0 Å².